The molecule has 213 valence electrons. The Morgan fingerprint density at radius 1 is 0.605 bits per heavy atom. The van der Waals surface area contributed by atoms with Crippen molar-refractivity contribution < 1.29 is 21.7 Å². The molecule has 0 saturated carbocycles. The standard InChI is InChI=1S/C12H21N2Si.2C10H15.2ClH.Ti/c1-5-9-13(10-6-2)15-14(11-7-3)12-8-4;2*1-7-6-10(4,5)9(3)8(7)2;;;/h5-8,15H,1-4,9-12H2;2*1-5H3;2*1H;/q;2*-1;;;+2. The maximum atomic E-state index is 3.76. The maximum Gasteiger partial charge on any atom is 2.00 e. The molecule has 0 aromatic rings. The monoisotopic (exact) mass is 611 g/mol. The topological polar surface area (TPSA) is 6.48 Å². The summed E-state index contributed by atoms with van der Waals surface area (Å²) in [5, 5.41) is 0. The van der Waals surface area contributed by atoms with E-state index in [2.05, 4.69) is 117 Å². The van der Waals surface area contributed by atoms with E-state index in [0.717, 1.165) is 26.2 Å². The Hall–Kier alpha value is -0.649. The zero-order valence-corrected chi connectivity index (χ0v) is 30.1. The molecule has 2 aliphatic carbocycles. The molecular formula is C32H53Cl2N2SiTi. The molecule has 0 atom stereocenters. The third-order valence-electron chi connectivity index (χ3n) is 6.91. The maximum absolute atomic E-state index is 3.76. The van der Waals surface area contributed by atoms with Crippen LogP contribution in [0.25, 0.3) is 0 Å². The summed E-state index contributed by atoms with van der Waals surface area (Å²) >= 11 is 0. The molecule has 0 aromatic heterocycles. The van der Waals surface area contributed by atoms with E-state index in [1.54, 1.807) is 0 Å². The van der Waals surface area contributed by atoms with Gasteiger partial charge < -0.3 is 9.13 Å². The Morgan fingerprint density at radius 2 is 0.842 bits per heavy atom. The van der Waals surface area contributed by atoms with Crippen molar-refractivity contribution in [2.45, 2.75) is 69.2 Å². The van der Waals surface area contributed by atoms with E-state index in [9.17, 15) is 0 Å². The van der Waals surface area contributed by atoms with Crippen molar-refractivity contribution in [2.75, 3.05) is 26.2 Å². The van der Waals surface area contributed by atoms with Crippen LogP contribution in [-0.4, -0.2) is 45.2 Å². The Balaban J connectivity index is -0.000000225. The van der Waals surface area contributed by atoms with Gasteiger partial charge in [0.15, 0.2) is 0 Å². The molecule has 0 aliphatic heterocycles. The molecule has 0 aromatic carbocycles. The predicted molar refractivity (Wildman–Crippen MR) is 175 cm³/mol. The van der Waals surface area contributed by atoms with Gasteiger partial charge in [-0.25, -0.2) is 11.1 Å². The van der Waals surface area contributed by atoms with Crippen LogP contribution in [0, 0.1) is 23.0 Å². The Kier molecular flexibility index (Phi) is 24.7. The second-order valence-electron chi connectivity index (χ2n) is 10.4. The van der Waals surface area contributed by atoms with E-state index in [4.69, 9.17) is 0 Å². The van der Waals surface area contributed by atoms with E-state index in [-0.39, 0.29) is 67.2 Å². The number of halogens is 2. The van der Waals surface area contributed by atoms with Gasteiger partial charge in [0.25, 0.3) is 0 Å². The SMILES string of the molecule is C=CCN(CC=C)[SiH]N(CC=C)CC=C.CC1=[C-]C(C)(C)C(C)=C1C.CC1=[C-]C(C)(C)C(C)=C1C.Cl.Cl.[Ti+2]. The molecule has 38 heavy (non-hydrogen) atoms. The fourth-order valence-corrected chi connectivity index (χ4v) is 5.48. The smallest absolute Gasteiger partial charge is 0.307 e. The first-order valence-corrected chi connectivity index (χ1v) is 13.6. The average Bonchev–Trinajstić information content (AvgIpc) is 3.06. The van der Waals surface area contributed by atoms with Crippen LogP contribution in [0.1, 0.15) is 69.2 Å². The molecule has 0 saturated heterocycles. The fraction of sp³-hybridized carbons (Fsp3) is 0.500. The van der Waals surface area contributed by atoms with Crippen LogP contribution in [0.4, 0.5) is 0 Å². The first-order valence-electron chi connectivity index (χ1n) is 12.5. The van der Waals surface area contributed by atoms with Gasteiger partial charge >= 0.3 is 21.7 Å². The second kappa shape index (κ2) is 21.1. The number of nitrogens with zero attached hydrogens (tertiary/aromatic N) is 2. The molecule has 6 heteroatoms. The Bertz CT molecular complexity index is 803. The van der Waals surface area contributed by atoms with Crippen molar-refractivity contribution in [3.05, 3.63) is 96.2 Å². The summed E-state index contributed by atoms with van der Waals surface area (Å²) in [6.07, 6.45) is 14.6. The Morgan fingerprint density at radius 3 is 0.947 bits per heavy atom. The van der Waals surface area contributed by atoms with E-state index in [1.807, 2.05) is 24.3 Å². The van der Waals surface area contributed by atoms with Crippen LogP contribution < -0.4 is 0 Å². The van der Waals surface area contributed by atoms with Gasteiger partial charge in [0.2, 0.25) is 9.84 Å². The molecule has 0 bridgehead atoms. The Labute approximate surface area is 266 Å². The summed E-state index contributed by atoms with van der Waals surface area (Å²) in [5.41, 5.74) is 8.79. The number of rotatable bonds is 10. The van der Waals surface area contributed by atoms with Crippen molar-refractivity contribution >= 4 is 34.7 Å². The fourth-order valence-electron chi connectivity index (χ4n) is 4.04. The quantitative estimate of drug-likeness (QED) is 0.138. The summed E-state index contributed by atoms with van der Waals surface area (Å²) < 4.78 is 4.68. The molecule has 1 radical (unpaired) electrons. The molecule has 0 N–H and O–H groups in total. The van der Waals surface area contributed by atoms with Crippen molar-refractivity contribution in [2.24, 2.45) is 10.8 Å². The first kappa shape index (κ1) is 44.4. The summed E-state index contributed by atoms with van der Waals surface area (Å²) in [6.45, 7) is 40.5. The summed E-state index contributed by atoms with van der Waals surface area (Å²) in [5.74, 6) is 0. The summed E-state index contributed by atoms with van der Waals surface area (Å²) in [4.78, 5) is 0. The van der Waals surface area contributed by atoms with Gasteiger partial charge in [0, 0.05) is 26.2 Å². The van der Waals surface area contributed by atoms with Crippen molar-refractivity contribution in [3.8, 4) is 0 Å². The van der Waals surface area contributed by atoms with E-state index >= 15 is 0 Å². The van der Waals surface area contributed by atoms with Gasteiger partial charge in [-0.05, 0) is 0 Å². The van der Waals surface area contributed by atoms with Crippen LogP contribution in [0.3, 0.4) is 0 Å². The number of allylic oxidation sites excluding steroid dienone is 8. The molecule has 2 nitrogen and oxygen atoms in total. The molecule has 2 rings (SSSR count). The summed E-state index contributed by atoms with van der Waals surface area (Å²) in [7, 11) is 0.100. The van der Waals surface area contributed by atoms with Gasteiger partial charge in [-0.3, -0.25) is 12.2 Å². The van der Waals surface area contributed by atoms with Crippen LogP contribution in [0.2, 0.25) is 0 Å². The first-order chi connectivity index (χ1) is 16.2. The normalized spacial score (nSPS) is 16.4. The molecule has 2 aliphatic rings. The zero-order chi connectivity index (χ0) is 27.4. The minimum atomic E-state index is 0. The molecule has 0 spiro atoms. The van der Waals surface area contributed by atoms with E-state index in [0.29, 0.717) is 0 Å². The third-order valence-corrected chi connectivity index (χ3v) is 8.40. The minimum absolute atomic E-state index is 0. The van der Waals surface area contributed by atoms with Crippen molar-refractivity contribution in [1.82, 2.24) is 9.13 Å². The van der Waals surface area contributed by atoms with Gasteiger partial charge in [-0.2, -0.15) is 22.3 Å². The second-order valence-corrected chi connectivity index (χ2v) is 12.1. The zero-order valence-electron chi connectivity index (χ0n) is 25.8. The van der Waals surface area contributed by atoms with Gasteiger partial charge in [-0.1, -0.05) is 90.5 Å². The molecular weight excluding hydrogens is 559 g/mol. The molecule has 0 fully saturated rings. The van der Waals surface area contributed by atoms with Crippen LogP contribution in [-0.2, 0) is 21.7 Å². The largest absolute Gasteiger partial charge is 2.00 e. The molecule has 0 amide bonds. The van der Waals surface area contributed by atoms with Crippen molar-refractivity contribution in [1.29, 1.82) is 0 Å². The van der Waals surface area contributed by atoms with Gasteiger partial charge in [0.05, 0.1) is 0 Å². The predicted octanol–water partition coefficient (Wildman–Crippen LogP) is 8.67. The van der Waals surface area contributed by atoms with Gasteiger partial charge in [-0.15, -0.1) is 65.0 Å². The average molecular weight is 613 g/mol. The van der Waals surface area contributed by atoms with Crippen LogP contribution >= 0.6 is 24.8 Å². The van der Waals surface area contributed by atoms with Gasteiger partial charge in [0.1, 0.15) is 0 Å². The van der Waals surface area contributed by atoms with E-state index < -0.39 is 0 Å². The van der Waals surface area contributed by atoms with Crippen LogP contribution in [0.15, 0.2) is 84.1 Å². The van der Waals surface area contributed by atoms with Crippen molar-refractivity contribution in [3.63, 3.8) is 0 Å². The third kappa shape index (κ3) is 14.7. The number of hydrogen-bond donors (Lipinski definition) is 0. The summed E-state index contributed by atoms with van der Waals surface area (Å²) in [6, 6.07) is 0. The molecule has 0 heterocycles. The number of hydrogen-bond acceptors (Lipinski definition) is 2. The van der Waals surface area contributed by atoms with E-state index in [1.165, 1.54) is 33.4 Å². The molecule has 0 unspecified atom stereocenters. The van der Waals surface area contributed by atoms with Crippen LogP contribution in [0.5, 0.6) is 0 Å². The minimum Gasteiger partial charge on any atom is -0.307 e.